The number of thioether (sulfide) groups is 1. The second kappa shape index (κ2) is 8.39. The van der Waals surface area contributed by atoms with E-state index >= 15 is 0 Å². The summed E-state index contributed by atoms with van der Waals surface area (Å²) < 4.78 is 26.7. The van der Waals surface area contributed by atoms with Crippen LogP contribution in [0.5, 0.6) is 0 Å². The van der Waals surface area contributed by atoms with Crippen LogP contribution >= 0.6 is 23.1 Å². The summed E-state index contributed by atoms with van der Waals surface area (Å²) in [7, 11) is 0. The smallest absolute Gasteiger partial charge is 0.237 e. The third-order valence-electron chi connectivity index (χ3n) is 2.90. The molecule has 5 nitrogen and oxygen atoms in total. The minimum atomic E-state index is -1.00. The Labute approximate surface area is 147 Å². The number of hydrogen-bond acceptors (Lipinski definition) is 6. The number of amides is 1. The van der Waals surface area contributed by atoms with Crippen LogP contribution in [0.25, 0.3) is 0 Å². The summed E-state index contributed by atoms with van der Waals surface area (Å²) in [6.07, 6.45) is 0. The van der Waals surface area contributed by atoms with Crippen molar-refractivity contribution in [2.24, 2.45) is 5.92 Å². The molecule has 0 aliphatic heterocycles. The summed E-state index contributed by atoms with van der Waals surface area (Å²) in [4.78, 5) is 12.1. The highest BCUT2D eigenvalue weighted by Gasteiger charge is 2.18. The van der Waals surface area contributed by atoms with Gasteiger partial charge in [-0.3, -0.25) is 4.79 Å². The predicted octanol–water partition coefficient (Wildman–Crippen LogP) is 4.00. The van der Waals surface area contributed by atoms with Crippen LogP contribution in [-0.4, -0.2) is 27.9 Å². The summed E-state index contributed by atoms with van der Waals surface area (Å²) in [6.45, 7) is 6.69. The van der Waals surface area contributed by atoms with Gasteiger partial charge in [0.2, 0.25) is 11.0 Å². The third-order valence-corrected chi connectivity index (χ3v) is 4.97. The van der Waals surface area contributed by atoms with E-state index in [1.807, 2.05) is 0 Å². The van der Waals surface area contributed by atoms with Gasteiger partial charge >= 0.3 is 0 Å². The number of carbonyl (C=O) groups is 1. The number of carbonyl (C=O) groups excluding carboxylic acids is 1. The van der Waals surface area contributed by atoms with E-state index in [2.05, 4.69) is 34.7 Å². The average molecular weight is 372 g/mol. The van der Waals surface area contributed by atoms with Gasteiger partial charge < -0.3 is 10.6 Å². The van der Waals surface area contributed by atoms with Crippen LogP contribution in [0.15, 0.2) is 22.5 Å². The maximum atomic E-state index is 13.2. The molecule has 1 heterocycles. The van der Waals surface area contributed by atoms with Gasteiger partial charge in [-0.15, -0.1) is 10.2 Å². The molecule has 1 aromatic heterocycles. The van der Waals surface area contributed by atoms with E-state index < -0.39 is 16.9 Å². The van der Waals surface area contributed by atoms with Crippen molar-refractivity contribution in [2.45, 2.75) is 30.4 Å². The maximum absolute atomic E-state index is 13.2. The minimum absolute atomic E-state index is 0.211. The molecule has 2 rings (SSSR count). The maximum Gasteiger partial charge on any atom is 0.237 e. The molecular weight excluding hydrogens is 354 g/mol. The summed E-state index contributed by atoms with van der Waals surface area (Å²) in [6, 6.07) is 3.23. The lowest BCUT2D eigenvalue weighted by Gasteiger charge is -2.10. The summed E-state index contributed by atoms with van der Waals surface area (Å²) in [5.74, 6) is -1.78. The van der Waals surface area contributed by atoms with Gasteiger partial charge in [0.05, 0.1) is 5.25 Å². The molecule has 0 spiro atoms. The Morgan fingerprint density at radius 3 is 2.67 bits per heavy atom. The molecule has 24 heavy (non-hydrogen) atoms. The number of hydrogen-bond donors (Lipinski definition) is 2. The van der Waals surface area contributed by atoms with Crippen molar-refractivity contribution >= 4 is 39.8 Å². The number of rotatable bonds is 7. The van der Waals surface area contributed by atoms with Crippen LogP contribution in [0.1, 0.15) is 20.8 Å². The zero-order valence-corrected chi connectivity index (χ0v) is 15.1. The summed E-state index contributed by atoms with van der Waals surface area (Å²) in [5.41, 5.74) is 0.211. The van der Waals surface area contributed by atoms with E-state index in [4.69, 9.17) is 0 Å². The zero-order chi connectivity index (χ0) is 17.7. The fourth-order valence-corrected chi connectivity index (χ4v) is 3.55. The largest absolute Gasteiger partial charge is 0.360 e. The third kappa shape index (κ3) is 5.41. The Balaban J connectivity index is 1.90. The molecule has 0 bridgehead atoms. The molecule has 2 aromatic rings. The second-order valence-corrected chi connectivity index (χ2v) is 8.09. The highest BCUT2D eigenvalue weighted by atomic mass is 32.2. The first-order chi connectivity index (χ1) is 11.3. The van der Waals surface area contributed by atoms with E-state index in [0.717, 1.165) is 18.7 Å². The molecule has 0 aliphatic rings. The monoisotopic (exact) mass is 372 g/mol. The first-order valence-corrected chi connectivity index (χ1v) is 9.04. The van der Waals surface area contributed by atoms with E-state index in [9.17, 15) is 13.6 Å². The Morgan fingerprint density at radius 1 is 1.25 bits per heavy atom. The highest BCUT2D eigenvalue weighted by Crippen LogP contribution is 2.29. The first-order valence-electron chi connectivity index (χ1n) is 7.35. The lowest BCUT2D eigenvalue weighted by atomic mass is 10.2. The fourth-order valence-electron chi connectivity index (χ4n) is 1.64. The van der Waals surface area contributed by atoms with E-state index in [1.165, 1.54) is 29.2 Å². The van der Waals surface area contributed by atoms with Crippen LogP contribution in [0, 0.1) is 17.6 Å². The lowest BCUT2D eigenvalue weighted by molar-refractivity contribution is -0.115. The molecule has 0 saturated heterocycles. The van der Waals surface area contributed by atoms with Gasteiger partial charge in [0, 0.05) is 18.3 Å². The summed E-state index contributed by atoms with van der Waals surface area (Å²) in [5, 5.41) is 14.0. The molecule has 1 amide bonds. The van der Waals surface area contributed by atoms with Gasteiger partial charge in [-0.2, -0.15) is 0 Å². The quantitative estimate of drug-likeness (QED) is 0.719. The molecule has 0 unspecified atom stereocenters. The predicted molar refractivity (Wildman–Crippen MR) is 93.5 cm³/mol. The van der Waals surface area contributed by atoms with Crippen molar-refractivity contribution in [3.8, 4) is 0 Å². The first kappa shape index (κ1) is 18.6. The Bertz CT molecular complexity index is 709. The van der Waals surface area contributed by atoms with E-state index in [-0.39, 0.29) is 11.6 Å². The Kier molecular flexibility index (Phi) is 6.50. The fraction of sp³-hybridized carbons (Fsp3) is 0.400. The molecule has 1 aromatic carbocycles. The van der Waals surface area contributed by atoms with Crippen LogP contribution in [0.3, 0.4) is 0 Å². The van der Waals surface area contributed by atoms with Crippen LogP contribution in [0.2, 0.25) is 0 Å². The number of nitrogens with one attached hydrogen (secondary N) is 2. The SMILES string of the molecule is CC(C)CNc1nnc(S[C@H](C)C(=O)Nc2ccc(F)c(F)c2)s1. The van der Waals surface area contributed by atoms with Crippen molar-refractivity contribution in [3.63, 3.8) is 0 Å². The standard InChI is InChI=1S/C15H18F2N4OS2/c1-8(2)7-18-14-20-21-15(24-14)23-9(3)13(22)19-10-4-5-11(16)12(17)6-10/h4-6,8-9H,7H2,1-3H3,(H,18,20)(H,19,22)/t9-/m1/s1. The molecule has 1 atom stereocenters. The van der Waals surface area contributed by atoms with Crippen molar-refractivity contribution in [3.05, 3.63) is 29.8 Å². The average Bonchev–Trinajstić information content (AvgIpc) is 2.96. The molecule has 0 saturated carbocycles. The van der Waals surface area contributed by atoms with Crippen molar-refractivity contribution in [1.82, 2.24) is 10.2 Å². The molecule has 0 fully saturated rings. The van der Waals surface area contributed by atoms with E-state index in [1.54, 1.807) is 6.92 Å². The molecule has 130 valence electrons. The molecule has 9 heteroatoms. The molecule has 2 N–H and O–H groups in total. The van der Waals surface area contributed by atoms with Gasteiger partial charge in [0.1, 0.15) is 0 Å². The highest BCUT2D eigenvalue weighted by molar-refractivity contribution is 8.02. The lowest BCUT2D eigenvalue weighted by Crippen LogP contribution is -2.22. The van der Waals surface area contributed by atoms with Gasteiger partial charge in [0.25, 0.3) is 0 Å². The zero-order valence-electron chi connectivity index (χ0n) is 13.5. The van der Waals surface area contributed by atoms with Gasteiger partial charge in [-0.05, 0) is 25.0 Å². The number of anilines is 2. The molecule has 0 radical (unpaired) electrons. The van der Waals surface area contributed by atoms with Crippen molar-refractivity contribution < 1.29 is 13.6 Å². The van der Waals surface area contributed by atoms with Crippen LogP contribution in [0.4, 0.5) is 19.6 Å². The van der Waals surface area contributed by atoms with Gasteiger partial charge in [-0.25, -0.2) is 8.78 Å². The molecule has 0 aliphatic carbocycles. The number of nitrogens with zero attached hydrogens (tertiary/aromatic N) is 2. The normalized spacial score (nSPS) is 12.2. The number of benzene rings is 1. The number of halogens is 2. The number of aromatic nitrogens is 2. The van der Waals surface area contributed by atoms with Gasteiger partial charge in [-0.1, -0.05) is 36.9 Å². The Hall–Kier alpha value is -1.74. The summed E-state index contributed by atoms with van der Waals surface area (Å²) >= 11 is 2.63. The van der Waals surface area contributed by atoms with Crippen molar-refractivity contribution in [1.29, 1.82) is 0 Å². The molecular formula is C15H18F2N4OS2. The Morgan fingerprint density at radius 2 is 2.00 bits per heavy atom. The van der Waals surface area contributed by atoms with Crippen LogP contribution < -0.4 is 10.6 Å². The van der Waals surface area contributed by atoms with Crippen molar-refractivity contribution in [2.75, 3.05) is 17.2 Å². The minimum Gasteiger partial charge on any atom is -0.360 e. The second-order valence-electron chi connectivity index (χ2n) is 5.53. The van der Waals surface area contributed by atoms with Gasteiger partial charge in [0.15, 0.2) is 16.0 Å². The van der Waals surface area contributed by atoms with Crippen LogP contribution in [-0.2, 0) is 4.79 Å². The topological polar surface area (TPSA) is 66.9 Å². The van der Waals surface area contributed by atoms with E-state index in [0.29, 0.717) is 15.4 Å².